The van der Waals surface area contributed by atoms with E-state index in [4.69, 9.17) is 0 Å². The summed E-state index contributed by atoms with van der Waals surface area (Å²) < 4.78 is 0. The lowest BCUT2D eigenvalue weighted by molar-refractivity contribution is 0.696. The molecule has 0 amide bonds. The summed E-state index contributed by atoms with van der Waals surface area (Å²) in [6.07, 6.45) is 4.18. The van der Waals surface area contributed by atoms with Crippen molar-refractivity contribution in [3.8, 4) is 0 Å². The monoisotopic (exact) mass is 246 g/mol. The Balaban J connectivity index is 2.92. The molecule has 18 heavy (non-hydrogen) atoms. The van der Waals surface area contributed by atoms with E-state index in [9.17, 15) is 0 Å². The molecule has 1 aromatic rings. The molecule has 0 aliphatic heterocycles. The van der Waals surface area contributed by atoms with Crippen molar-refractivity contribution in [1.29, 1.82) is 0 Å². The standard InChI is InChI=1S/C16H26N2/c1-6-14-8-7-12(2)9-16(14)13(3)10-15(18-5)11-17-4/h7-9,11,13,17-18H,6,10H2,1-5H3/b15-11-. The Morgan fingerprint density at radius 3 is 2.61 bits per heavy atom. The van der Waals surface area contributed by atoms with Crippen molar-refractivity contribution >= 4 is 0 Å². The molecule has 0 aliphatic rings. The van der Waals surface area contributed by atoms with Crippen molar-refractivity contribution in [2.45, 2.75) is 39.5 Å². The Hall–Kier alpha value is -1.44. The third-order valence-corrected chi connectivity index (χ3v) is 3.38. The third kappa shape index (κ3) is 3.80. The third-order valence-electron chi connectivity index (χ3n) is 3.38. The first-order chi connectivity index (χ1) is 8.62. The maximum atomic E-state index is 3.25. The molecule has 1 rings (SSSR count). The van der Waals surface area contributed by atoms with Gasteiger partial charge in [0.05, 0.1) is 0 Å². The highest BCUT2D eigenvalue weighted by molar-refractivity contribution is 5.34. The van der Waals surface area contributed by atoms with Crippen LogP contribution in [0.2, 0.25) is 0 Å². The van der Waals surface area contributed by atoms with Crippen LogP contribution in [-0.2, 0) is 6.42 Å². The van der Waals surface area contributed by atoms with Gasteiger partial charge in [0.25, 0.3) is 0 Å². The Labute approximate surface area is 111 Å². The maximum Gasteiger partial charge on any atom is 0.0269 e. The quantitative estimate of drug-likeness (QED) is 0.804. The van der Waals surface area contributed by atoms with Gasteiger partial charge in [-0.05, 0) is 36.8 Å². The number of nitrogens with one attached hydrogen (secondary N) is 2. The minimum absolute atomic E-state index is 0.534. The van der Waals surface area contributed by atoms with E-state index in [-0.39, 0.29) is 0 Å². The average molecular weight is 246 g/mol. The number of rotatable bonds is 6. The van der Waals surface area contributed by atoms with Crippen LogP contribution in [0.5, 0.6) is 0 Å². The van der Waals surface area contributed by atoms with Gasteiger partial charge in [0.1, 0.15) is 0 Å². The molecule has 0 saturated heterocycles. The topological polar surface area (TPSA) is 24.1 Å². The summed E-state index contributed by atoms with van der Waals surface area (Å²) in [6.45, 7) is 6.69. The summed E-state index contributed by atoms with van der Waals surface area (Å²) in [7, 11) is 3.92. The van der Waals surface area contributed by atoms with Crippen molar-refractivity contribution in [1.82, 2.24) is 10.6 Å². The Morgan fingerprint density at radius 2 is 2.06 bits per heavy atom. The molecular formula is C16H26N2. The summed E-state index contributed by atoms with van der Waals surface area (Å²) >= 11 is 0. The molecule has 0 aromatic heterocycles. The van der Waals surface area contributed by atoms with Crippen LogP contribution < -0.4 is 10.6 Å². The largest absolute Gasteiger partial charge is 0.393 e. The smallest absolute Gasteiger partial charge is 0.0269 e. The lowest BCUT2D eigenvalue weighted by Gasteiger charge is -2.18. The molecule has 0 fully saturated rings. The van der Waals surface area contributed by atoms with Gasteiger partial charge in [0, 0.05) is 26.0 Å². The molecule has 2 nitrogen and oxygen atoms in total. The van der Waals surface area contributed by atoms with Crippen LogP contribution in [0.15, 0.2) is 30.1 Å². The fourth-order valence-electron chi connectivity index (χ4n) is 2.34. The molecule has 0 saturated carbocycles. The van der Waals surface area contributed by atoms with Crippen LogP contribution in [-0.4, -0.2) is 14.1 Å². The van der Waals surface area contributed by atoms with Gasteiger partial charge < -0.3 is 10.6 Å². The number of allylic oxidation sites excluding steroid dienone is 1. The number of hydrogen-bond acceptors (Lipinski definition) is 2. The molecule has 0 aliphatic carbocycles. The zero-order valence-corrected chi connectivity index (χ0v) is 12.3. The normalized spacial score (nSPS) is 13.3. The molecule has 1 aromatic carbocycles. The molecule has 2 heteroatoms. The Bertz CT molecular complexity index is 408. The van der Waals surface area contributed by atoms with Crippen molar-refractivity contribution < 1.29 is 0 Å². The minimum atomic E-state index is 0.534. The van der Waals surface area contributed by atoms with Gasteiger partial charge in [-0.1, -0.05) is 37.6 Å². The predicted molar refractivity (Wildman–Crippen MR) is 79.8 cm³/mol. The van der Waals surface area contributed by atoms with E-state index >= 15 is 0 Å². The highest BCUT2D eigenvalue weighted by Crippen LogP contribution is 2.26. The minimum Gasteiger partial charge on any atom is -0.393 e. The Morgan fingerprint density at radius 1 is 1.33 bits per heavy atom. The van der Waals surface area contributed by atoms with Gasteiger partial charge in [-0.3, -0.25) is 0 Å². The molecule has 2 N–H and O–H groups in total. The molecule has 0 radical (unpaired) electrons. The highest BCUT2D eigenvalue weighted by Gasteiger charge is 2.11. The molecule has 100 valence electrons. The van der Waals surface area contributed by atoms with E-state index in [0.29, 0.717) is 5.92 Å². The summed E-state index contributed by atoms with van der Waals surface area (Å²) in [5.74, 6) is 0.534. The van der Waals surface area contributed by atoms with Crippen LogP contribution in [0.3, 0.4) is 0 Å². The summed E-state index contributed by atoms with van der Waals surface area (Å²) in [4.78, 5) is 0. The summed E-state index contributed by atoms with van der Waals surface area (Å²) in [5, 5.41) is 6.35. The first-order valence-corrected chi connectivity index (χ1v) is 6.75. The van der Waals surface area contributed by atoms with Crippen LogP contribution in [0.25, 0.3) is 0 Å². The fraction of sp³-hybridized carbons (Fsp3) is 0.500. The second-order valence-electron chi connectivity index (χ2n) is 4.87. The van der Waals surface area contributed by atoms with Crippen molar-refractivity contribution in [2.75, 3.05) is 14.1 Å². The van der Waals surface area contributed by atoms with E-state index in [1.807, 2.05) is 20.3 Å². The van der Waals surface area contributed by atoms with Crippen molar-refractivity contribution in [3.05, 3.63) is 46.8 Å². The number of hydrogen-bond donors (Lipinski definition) is 2. The van der Waals surface area contributed by atoms with E-state index in [0.717, 1.165) is 12.8 Å². The predicted octanol–water partition coefficient (Wildman–Crippen LogP) is 3.33. The lowest BCUT2D eigenvalue weighted by Crippen LogP contribution is -2.13. The molecule has 1 unspecified atom stereocenters. The van der Waals surface area contributed by atoms with Crippen LogP contribution >= 0.6 is 0 Å². The van der Waals surface area contributed by atoms with Crippen LogP contribution in [0.1, 0.15) is 42.9 Å². The molecule has 1 atom stereocenters. The molecular weight excluding hydrogens is 220 g/mol. The molecule has 0 bridgehead atoms. The second kappa shape index (κ2) is 7.10. The molecule has 0 spiro atoms. The summed E-state index contributed by atoms with van der Waals surface area (Å²) in [6, 6.07) is 6.80. The number of aryl methyl sites for hydroxylation is 2. The van der Waals surface area contributed by atoms with E-state index < -0.39 is 0 Å². The van der Waals surface area contributed by atoms with Gasteiger partial charge in [0.2, 0.25) is 0 Å². The molecule has 0 heterocycles. The van der Waals surface area contributed by atoms with Crippen molar-refractivity contribution in [2.24, 2.45) is 0 Å². The zero-order valence-electron chi connectivity index (χ0n) is 12.3. The van der Waals surface area contributed by atoms with Gasteiger partial charge >= 0.3 is 0 Å². The summed E-state index contributed by atoms with van der Waals surface area (Å²) in [5.41, 5.74) is 5.54. The zero-order chi connectivity index (χ0) is 13.5. The first kappa shape index (κ1) is 14.6. The van der Waals surface area contributed by atoms with Crippen LogP contribution in [0.4, 0.5) is 0 Å². The SMILES string of the molecule is CCc1ccc(C)cc1C(C)C/C(=C/NC)NC. The highest BCUT2D eigenvalue weighted by atomic mass is 14.9. The van der Waals surface area contributed by atoms with Crippen LogP contribution in [0, 0.1) is 6.92 Å². The van der Waals surface area contributed by atoms with Gasteiger partial charge in [-0.2, -0.15) is 0 Å². The van der Waals surface area contributed by atoms with Gasteiger partial charge in [-0.15, -0.1) is 0 Å². The maximum absolute atomic E-state index is 3.25. The average Bonchev–Trinajstić information content (AvgIpc) is 2.38. The van der Waals surface area contributed by atoms with Crippen molar-refractivity contribution in [3.63, 3.8) is 0 Å². The Kier molecular flexibility index (Phi) is 5.76. The van der Waals surface area contributed by atoms with E-state index in [2.05, 4.69) is 49.6 Å². The van der Waals surface area contributed by atoms with E-state index in [1.165, 1.54) is 22.4 Å². The number of benzene rings is 1. The fourth-order valence-corrected chi connectivity index (χ4v) is 2.34. The first-order valence-electron chi connectivity index (χ1n) is 6.75. The second-order valence-corrected chi connectivity index (χ2v) is 4.87. The lowest BCUT2D eigenvalue weighted by atomic mass is 9.90. The van der Waals surface area contributed by atoms with Gasteiger partial charge in [0.15, 0.2) is 0 Å². The van der Waals surface area contributed by atoms with Gasteiger partial charge in [-0.25, -0.2) is 0 Å². The van der Waals surface area contributed by atoms with E-state index in [1.54, 1.807) is 0 Å².